The zero-order valence-corrected chi connectivity index (χ0v) is 9.60. The lowest BCUT2D eigenvalue weighted by Gasteiger charge is -2.15. The van der Waals surface area contributed by atoms with Gasteiger partial charge in [-0.05, 0) is 37.1 Å². The number of hydrogen-bond donors (Lipinski definition) is 3. The monoisotopic (exact) mass is 235 g/mol. The maximum Gasteiger partial charge on any atom is 0.251 e. The first-order chi connectivity index (χ1) is 8.16. The quantitative estimate of drug-likeness (QED) is 0.739. The standard InChI is InChI=1S/C13H17NO3/c15-11-6-4-9(5-7-11)13(17)14-8-10-2-1-3-12(10)16/h4-7,10,12,15-16H,1-3,8H2,(H,14,17). The second-order valence-electron chi connectivity index (χ2n) is 4.52. The third-order valence-electron chi connectivity index (χ3n) is 3.27. The van der Waals surface area contributed by atoms with E-state index in [0.29, 0.717) is 12.1 Å². The van der Waals surface area contributed by atoms with Crippen molar-refractivity contribution < 1.29 is 15.0 Å². The number of nitrogens with one attached hydrogen (secondary N) is 1. The molecule has 0 saturated heterocycles. The zero-order chi connectivity index (χ0) is 12.3. The van der Waals surface area contributed by atoms with Gasteiger partial charge in [-0.3, -0.25) is 4.79 Å². The third kappa shape index (κ3) is 2.97. The molecule has 1 amide bonds. The van der Waals surface area contributed by atoms with Crippen molar-refractivity contribution in [2.24, 2.45) is 5.92 Å². The molecule has 4 heteroatoms. The summed E-state index contributed by atoms with van der Waals surface area (Å²) in [4.78, 5) is 11.7. The van der Waals surface area contributed by atoms with Gasteiger partial charge >= 0.3 is 0 Å². The molecule has 1 aromatic carbocycles. The molecule has 1 aromatic rings. The number of hydrogen-bond acceptors (Lipinski definition) is 3. The lowest BCUT2D eigenvalue weighted by molar-refractivity contribution is 0.0917. The first kappa shape index (κ1) is 11.9. The molecule has 0 aliphatic heterocycles. The Morgan fingerprint density at radius 2 is 2.00 bits per heavy atom. The molecule has 1 fully saturated rings. The minimum Gasteiger partial charge on any atom is -0.508 e. The predicted octanol–water partition coefficient (Wildman–Crippen LogP) is 1.28. The topological polar surface area (TPSA) is 69.6 Å². The van der Waals surface area contributed by atoms with Crippen LogP contribution in [0.5, 0.6) is 5.75 Å². The van der Waals surface area contributed by atoms with E-state index in [1.165, 1.54) is 12.1 Å². The molecule has 2 unspecified atom stereocenters. The Balaban J connectivity index is 1.87. The van der Waals surface area contributed by atoms with E-state index in [-0.39, 0.29) is 23.7 Å². The Labute approximate surface area is 100 Å². The molecular formula is C13H17NO3. The van der Waals surface area contributed by atoms with Crippen molar-refractivity contribution in [3.63, 3.8) is 0 Å². The van der Waals surface area contributed by atoms with E-state index in [1.54, 1.807) is 12.1 Å². The van der Waals surface area contributed by atoms with Crippen LogP contribution >= 0.6 is 0 Å². The first-order valence-electron chi connectivity index (χ1n) is 5.92. The SMILES string of the molecule is O=C(NCC1CCCC1O)c1ccc(O)cc1. The van der Waals surface area contributed by atoms with E-state index >= 15 is 0 Å². The summed E-state index contributed by atoms with van der Waals surface area (Å²) in [5.74, 6) is 0.160. The minimum absolute atomic E-state index is 0.146. The molecule has 92 valence electrons. The van der Waals surface area contributed by atoms with Crippen molar-refractivity contribution in [2.45, 2.75) is 25.4 Å². The molecule has 1 aliphatic rings. The van der Waals surface area contributed by atoms with Crippen LogP contribution in [0.4, 0.5) is 0 Å². The van der Waals surface area contributed by atoms with Gasteiger partial charge in [0, 0.05) is 18.0 Å². The van der Waals surface area contributed by atoms with Crippen molar-refractivity contribution in [1.29, 1.82) is 0 Å². The van der Waals surface area contributed by atoms with Crippen LogP contribution in [0.2, 0.25) is 0 Å². The summed E-state index contributed by atoms with van der Waals surface area (Å²) >= 11 is 0. The molecule has 3 N–H and O–H groups in total. The number of phenols is 1. The van der Waals surface area contributed by atoms with Gasteiger partial charge in [-0.25, -0.2) is 0 Å². The van der Waals surface area contributed by atoms with Gasteiger partial charge in [-0.2, -0.15) is 0 Å². The summed E-state index contributed by atoms with van der Waals surface area (Å²) < 4.78 is 0. The van der Waals surface area contributed by atoms with Gasteiger partial charge in [0.1, 0.15) is 5.75 Å². The highest BCUT2D eigenvalue weighted by Gasteiger charge is 2.25. The normalized spacial score (nSPS) is 23.6. The lowest BCUT2D eigenvalue weighted by Crippen LogP contribution is -2.32. The summed E-state index contributed by atoms with van der Waals surface area (Å²) in [6.07, 6.45) is 2.55. The number of phenolic OH excluding ortho intramolecular Hbond substituents is 1. The number of carbonyl (C=O) groups is 1. The molecule has 2 atom stereocenters. The van der Waals surface area contributed by atoms with Crippen molar-refractivity contribution in [1.82, 2.24) is 5.32 Å². The summed E-state index contributed by atoms with van der Waals surface area (Å²) in [6.45, 7) is 0.515. The van der Waals surface area contributed by atoms with Crippen LogP contribution in [0, 0.1) is 5.92 Å². The van der Waals surface area contributed by atoms with E-state index in [0.717, 1.165) is 19.3 Å². The minimum atomic E-state index is -0.282. The Hall–Kier alpha value is -1.55. The van der Waals surface area contributed by atoms with E-state index in [1.807, 2.05) is 0 Å². The number of amides is 1. The van der Waals surface area contributed by atoms with Crippen LogP contribution in [0.15, 0.2) is 24.3 Å². The van der Waals surface area contributed by atoms with Crippen LogP contribution in [-0.2, 0) is 0 Å². The van der Waals surface area contributed by atoms with E-state index in [9.17, 15) is 9.90 Å². The maximum absolute atomic E-state index is 11.7. The van der Waals surface area contributed by atoms with Crippen LogP contribution in [0.3, 0.4) is 0 Å². The average molecular weight is 235 g/mol. The Kier molecular flexibility index (Phi) is 3.64. The Bertz CT molecular complexity index is 388. The largest absolute Gasteiger partial charge is 0.508 e. The Morgan fingerprint density at radius 1 is 1.29 bits per heavy atom. The molecule has 1 aliphatic carbocycles. The molecule has 0 radical (unpaired) electrons. The van der Waals surface area contributed by atoms with Crippen LogP contribution in [-0.4, -0.2) is 28.8 Å². The number of aromatic hydroxyl groups is 1. The number of aliphatic hydroxyl groups excluding tert-OH is 1. The summed E-state index contributed by atoms with van der Waals surface area (Å²) in [5.41, 5.74) is 0.523. The predicted molar refractivity (Wildman–Crippen MR) is 63.8 cm³/mol. The zero-order valence-electron chi connectivity index (χ0n) is 9.60. The second kappa shape index (κ2) is 5.19. The molecule has 0 bridgehead atoms. The van der Waals surface area contributed by atoms with Crippen molar-refractivity contribution in [3.05, 3.63) is 29.8 Å². The highest BCUT2D eigenvalue weighted by Crippen LogP contribution is 2.24. The van der Waals surface area contributed by atoms with Gasteiger partial charge in [0.05, 0.1) is 6.10 Å². The van der Waals surface area contributed by atoms with E-state index in [2.05, 4.69) is 5.32 Å². The molecule has 0 spiro atoms. The van der Waals surface area contributed by atoms with Gasteiger partial charge in [0.2, 0.25) is 0 Å². The molecule has 0 aromatic heterocycles. The molecule has 0 heterocycles. The van der Waals surface area contributed by atoms with Crippen LogP contribution in [0.25, 0.3) is 0 Å². The van der Waals surface area contributed by atoms with E-state index < -0.39 is 0 Å². The number of aliphatic hydroxyl groups is 1. The number of benzene rings is 1. The highest BCUT2D eigenvalue weighted by atomic mass is 16.3. The Morgan fingerprint density at radius 3 is 2.59 bits per heavy atom. The number of rotatable bonds is 3. The molecule has 2 rings (SSSR count). The number of carbonyl (C=O) groups excluding carboxylic acids is 1. The summed E-state index contributed by atoms with van der Waals surface area (Å²) in [6, 6.07) is 6.13. The molecular weight excluding hydrogens is 218 g/mol. The summed E-state index contributed by atoms with van der Waals surface area (Å²) in [7, 11) is 0. The van der Waals surface area contributed by atoms with Gasteiger partial charge in [0.25, 0.3) is 5.91 Å². The smallest absolute Gasteiger partial charge is 0.251 e. The molecule has 17 heavy (non-hydrogen) atoms. The second-order valence-corrected chi connectivity index (χ2v) is 4.52. The fourth-order valence-electron chi connectivity index (χ4n) is 2.19. The highest BCUT2D eigenvalue weighted by molar-refractivity contribution is 5.94. The molecule has 4 nitrogen and oxygen atoms in total. The first-order valence-corrected chi connectivity index (χ1v) is 5.92. The van der Waals surface area contributed by atoms with E-state index in [4.69, 9.17) is 5.11 Å². The third-order valence-corrected chi connectivity index (χ3v) is 3.27. The van der Waals surface area contributed by atoms with Crippen molar-refractivity contribution >= 4 is 5.91 Å². The van der Waals surface area contributed by atoms with Crippen molar-refractivity contribution in [3.8, 4) is 5.75 Å². The average Bonchev–Trinajstić information content (AvgIpc) is 2.73. The maximum atomic E-state index is 11.7. The van der Waals surface area contributed by atoms with Gasteiger partial charge in [-0.1, -0.05) is 6.42 Å². The van der Waals surface area contributed by atoms with Gasteiger partial charge in [-0.15, -0.1) is 0 Å². The van der Waals surface area contributed by atoms with Crippen molar-refractivity contribution in [2.75, 3.05) is 6.54 Å². The molecule has 1 saturated carbocycles. The fourth-order valence-corrected chi connectivity index (χ4v) is 2.19. The van der Waals surface area contributed by atoms with Gasteiger partial charge in [0.15, 0.2) is 0 Å². The van der Waals surface area contributed by atoms with Crippen LogP contribution in [0.1, 0.15) is 29.6 Å². The van der Waals surface area contributed by atoms with Gasteiger partial charge < -0.3 is 15.5 Å². The fraction of sp³-hybridized carbons (Fsp3) is 0.462. The summed E-state index contributed by atoms with van der Waals surface area (Å²) in [5, 5.41) is 21.5. The lowest BCUT2D eigenvalue weighted by atomic mass is 10.1. The van der Waals surface area contributed by atoms with Crippen LogP contribution < -0.4 is 5.32 Å².